The van der Waals surface area contributed by atoms with Gasteiger partial charge < -0.3 is 15.7 Å². The third-order valence-electron chi connectivity index (χ3n) is 3.27. The largest absolute Gasteiger partial charge is 0.508 e. The van der Waals surface area contributed by atoms with Gasteiger partial charge in [-0.1, -0.05) is 6.07 Å². The van der Waals surface area contributed by atoms with E-state index < -0.39 is 0 Å². The lowest BCUT2D eigenvalue weighted by Crippen LogP contribution is -2.31. The van der Waals surface area contributed by atoms with Gasteiger partial charge >= 0.3 is 0 Å². The van der Waals surface area contributed by atoms with Crippen molar-refractivity contribution >= 4 is 33.2 Å². The fourth-order valence-corrected chi connectivity index (χ4v) is 2.58. The predicted molar refractivity (Wildman–Crippen MR) is 88.7 cm³/mol. The van der Waals surface area contributed by atoms with E-state index in [1.807, 2.05) is 13.8 Å². The van der Waals surface area contributed by atoms with Gasteiger partial charge in [-0.05, 0) is 59.6 Å². The maximum absolute atomic E-state index is 12.8. The van der Waals surface area contributed by atoms with Gasteiger partial charge in [0.15, 0.2) is 0 Å². The van der Waals surface area contributed by atoms with Crippen LogP contribution in [0.25, 0.3) is 0 Å². The van der Waals surface area contributed by atoms with Crippen LogP contribution in [0.15, 0.2) is 40.9 Å². The normalized spacial score (nSPS) is 10.4. The molecule has 110 valence electrons. The minimum Gasteiger partial charge on any atom is -0.508 e. The summed E-state index contributed by atoms with van der Waals surface area (Å²) >= 11 is 3.38. The lowest BCUT2D eigenvalue weighted by molar-refractivity contribution is 0.0987. The van der Waals surface area contributed by atoms with E-state index in [4.69, 9.17) is 5.73 Å². The van der Waals surface area contributed by atoms with Crippen molar-refractivity contribution in [2.45, 2.75) is 13.8 Å². The van der Waals surface area contributed by atoms with Crippen LogP contribution in [0.2, 0.25) is 0 Å². The molecule has 0 bridgehead atoms. The molecule has 0 spiro atoms. The van der Waals surface area contributed by atoms with Crippen molar-refractivity contribution in [3.63, 3.8) is 0 Å². The molecule has 0 aliphatic carbocycles. The van der Waals surface area contributed by atoms with E-state index in [1.165, 1.54) is 0 Å². The number of nitrogen functional groups attached to an aromatic ring is 1. The zero-order valence-electron chi connectivity index (χ0n) is 11.9. The van der Waals surface area contributed by atoms with Crippen molar-refractivity contribution in [3.8, 4) is 5.75 Å². The molecule has 0 saturated heterocycles. The Kier molecular flexibility index (Phi) is 4.53. The van der Waals surface area contributed by atoms with Crippen molar-refractivity contribution in [3.05, 3.63) is 52.0 Å². The summed E-state index contributed by atoms with van der Waals surface area (Å²) in [6.07, 6.45) is 0. The molecule has 0 aliphatic heterocycles. The Morgan fingerprint density at radius 3 is 2.67 bits per heavy atom. The fourth-order valence-electron chi connectivity index (χ4n) is 2.16. The minimum absolute atomic E-state index is 0.133. The van der Waals surface area contributed by atoms with E-state index in [0.29, 0.717) is 28.0 Å². The van der Waals surface area contributed by atoms with E-state index in [2.05, 4.69) is 15.9 Å². The molecule has 0 fully saturated rings. The Morgan fingerprint density at radius 1 is 1.29 bits per heavy atom. The van der Waals surface area contributed by atoms with Crippen LogP contribution in [0.4, 0.5) is 11.4 Å². The summed E-state index contributed by atoms with van der Waals surface area (Å²) in [5.41, 5.74) is 8.41. The van der Waals surface area contributed by atoms with Crippen molar-refractivity contribution < 1.29 is 9.90 Å². The number of phenols is 1. The van der Waals surface area contributed by atoms with Crippen LogP contribution in [-0.2, 0) is 0 Å². The molecule has 1 amide bonds. The number of aromatic hydroxyl groups is 1. The molecule has 0 aliphatic rings. The number of nitrogens with zero attached hydrogens (tertiary/aromatic N) is 1. The second-order valence-electron chi connectivity index (χ2n) is 4.76. The molecule has 0 radical (unpaired) electrons. The number of rotatable bonds is 3. The minimum atomic E-state index is -0.162. The summed E-state index contributed by atoms with van der Waals surface area (Å²) in [7, 11) is 0. The third kappa shape index (κ3) is 3.19. The molecule has 21 heavy (non-hydrogen) atoms. The predicted octanol–water partition coefficient (Wildman–Crippen LogP) is 3.71. The molecule has 0 aromatic heterocycles. The number of aryl methyl sites for hydroxylation is 1. The number of anilines is 2. The van der Waals surface area contributed by atoms with Crippen molar-refractivity contribution in [1.29, 1.82) is 0 Å². The van der Waals surface area contributed by atoms with Crippen molar-refractivity contribution in [1.82, 2.24) is 0 Å². The van der Waals surface area contributed by atoms with Crippen LogP contribution >= 0.6 is 15.9 Å². The lowest BCUT2D eigenvalue weighted by atomic mass is 10.1. The molecule has 0 saturated carbocycles. The van der Waals surface area contributed by atoms with Gasteiger partial charge in [0.05, 0.1) is 11.3 Å². The smallest absolute Gasteiger partial charge is 0.259 e. The number of nitrogens with two attached hydrogens (primary N) is 1. The number of halogens is 1. The van der Waals surface area contributed by atoms with Crippen LogP contribution in [0, 0.1) is 6.92 Å². The molecular formula is C16H17BrN2O2. The fraction of sp³-hybridized carbons (Fsp3) is 0.188. The van der Waals surface area contributed by atoms with Crippen LogP contribution < -0.4 is 10.6 Å². The number of carbonyl (C=O) groups excluding carboxylic acids is 1. The molecule has 5 heteroatoms. The van der Waals surface area contributed by atoms with Crippen LogP contribution in [0.5, 0.6) is 5.75 Å². The molecule has 2 aromatic rings. The number of hydrogen-bond acceptors (Lipinski definition) is 3. The van der Waals surface area contributed by atoms with Gasteiger partial charge in [0, 0.05) is 22.8 Å². The Labute approximate surface area is 132 Å². The van der Waals surface area contributed by atoms with Crippen LogP contribution in [0.3, 0.4) is 0 Å². The summed E-state index contributed by atoms with van der Waals surface area (Å²) < 4.78 is 0.693. The molecule has 0 heterocycles. The first-order chi connectivity index (χ1) is 9.93. The number of phenolic OH excluding ortho intramolecular Hbond substituents is 1. The number of carbonyl (C=O) groups is 1. The highest BCUT2D eigenvalue weighted by molar-refractivity contribution is 9.10. The molecule has 0 atom stereocenters. The topological polar surface area (TPSA) is 66.6 Å². The van der Waals surface area contributed by atoms with E-state index in [0.717, 1.165) is 5.56 Å². The SMILES string of the molecule is CCN(C(=O)c1cc(N)ccc1Br)c1cc(O)ccc1C. The number of amides is 1. The standard InChI is InChI=1S/C16H17BrN2O2/c1-3-19(15-9-12(20)6-4-10(15)2)16(21)13-8-11(18)5-7-14(13)17/h4-9,20H,3,18H2,1-2H3. The third-order valence-corrected chi connectivity index (χ3v) is 3.96. The maximum atomic E-state index is 12.8. The van der Waals surface area contributed by atoms with Gasteiger partial charge in [0.2, 0.25) is 0 Å². The van der Waals surface area contributed by atoms with E-state index in [-0.39, 0.29) is 11.7 Å². The highest BCUT2D eigenvalue weighted by Gasteiger charge is 2.20. The molecular weight excluding hydrogens is 332 g/mol. The summed E-state index contributed by atoms with van der Waals surface area (Å²) in [6.45, 7) is 4.28. The number of benzene rings is 2. The lowest BCUT2D eigenvalue weighted by Gasteiger charge is -2.24. The van der Waals surface area contributed by atoms with Crippen LogP contribution in [-0.4, -0.2) is 17.6 Å². The van der Waals surface area contributed by atoms with Gasteiger partial charge in [-0.2, -0.15) is 0 Å². The maximum Gasteiger partial charge on any atom is 0.259 e. The Hall–Kier alpha value is -2.01. The summed E-state index contributed by atoms with van der Waals surface area (Å²) in [4.78, 5) is 14.4. The zero-order valence-corrected chi connectivity index (χ0v) is 13.5. The van der Waals surface area contributed by atoms with Gasteiger partial charge in [0.25, 0.3) is 5.91 Å². The van der Waals surface area contributed by atoms with E-state index >= 15 is 0 Å². The molecule has 4 nitrogen and oxygen atoms in total. The van der Waals surface area contributed by atoms with Crippen molar-refractivity contribution in [2.75, 3.05) is 17.2 Å². The first-order valence-corrected chi connectivity index (χ1v) is 7.40. The Balaban J connectivity index is 2.48. The number of hydrogen-bond donors (Lipinski definition) is 2. The van der Waals surface area contributed by atoms with Gasteiger partial charge in [-0.15, -0.1) is 0 Å². The monoisotopic (exact) mass is 348 g/mol. The van der Waals surface area contributed by atoms with Crippen LogP contribution in [0.1, 0.15) is 22.8 Å². The first-order valence-electron chi connectivity index (χ1n) is 6.60. The highest BCUT2D eigenvalue weighted by Crippen LogP contribution is 2.28. The van der Waals surface area contributed by atoms with E-state index in [1.54, 1.807) is 41.3 Å². The summed E-state index contributed by atoms with van der Waals surface area (Å²) in [5, 5.41) is 9.67. The van der Waals surface area contributed by atoms with Gasteiger partial charge in [-0.25, -0.2) is 0 Å². The molecule has 3 N–H and O–H groups in total. The Morgan fingerprint density at radius 2 is 2.00 bits per heavy atom. The molecule has 2 rings (SSSR count). The van der Waals surface area contributed by atoms with Gasteiger partial charge in [-0.3, -0.25) is 4.79 Å². The zero-order chi connectivity index (χ0) is 15.6. The molecule has 0 unspecified atom stereocenters. The van der Waals surface area contributed by atoms with E-state index in [9.17, 15) is 9.90 Å². The van der Waals surface area contributed by atoms with Crippen molar-refractivity contribution in [2.24, 2.45) is 0 Å². The second kappa shape index (κ2) is 6.18. The Bertz CT molecular complexity index is 686. The second-order valence-corrected chi connectivity index (χ2v) is 5.61. The average Bonchev–Trinajstić information content (AvgIpc) is 2.46. The van der Waals surface area contributed by atoms with Gasteiger partial charge in [0.1, 0.15) is 5.75 Å². The summed E-state index contributed by atoms with van der Waals surface area (Å²) in [6, 6.07) is 10.1. The summed E-state index contributed by atoms with van der Waals surface area (Å²) in [5.74, 6) is -0.0288. The molecule has 2 aromatic carbocycles. The quantitative estimate of drug-likeness (QED) is 0.830. The average molecular weight is 349 g/mol. The highest BCUT2D eigenvalue weighted by atomic mass is 79.9. The first kappa shape index (κ1) is 15.4.